The quantitative estimate of drug-likeness (QED) is 0.759. The van der Waals surface area contributed by atoms with E-state index in [4.69, 9.17) is 9.47 Å². The highest BCUT2D eigenvalue weighted by Crippen LogP contribution is 2.22. The van der Waals surface area contributed by atoms with Crippen LogP contribution in [0.3, 0.4) is 0 Å². The third-order valence-electron chi connectivity index (χ3n) is 4.67. The number of carbonyl (C=O) groups is 2. The molecule has 0 unspecified atom stereocenters. The Hall–Kier alpha value is -3.02. The van der Waals surface area contributed by atoms with Crippen LogP contribution in [0.4, 0.5) is 5.69 Å². The molecular weight excluding hydrogens is 344 g/mol. The number of esters is 1. The van der Waals surface area contributed by atoms with Crippen molar-refractivity contribution < 1.29 is 19.1 Å². The number of carbonyl (C=O) groups excluding carboxylic acids is 2. The van der Waals surface area contributed by atoms with Gasteiger partial charge < -0.3 is 19.3 Å². The summed E-state index contributed by atoms with van der Waals surface area (Å²) in [6.07, 6.45) is 0. The van der Waals surface area contributed by atoms with Crippen molar-refractivity contribution in [3.05, 3.63) is 59.7 Å². The molecule has 1 saturated heterocycles. The standard InChI is InChI=1S/C21H24N2O4/c1-16-7-9-17(10-8-16)27-15-20(24)23-13-11-22(12-14-23)19-6-4-3-5-18(19)21(25)26-2/h3-10H,11-15H2,1-2H3. The first-order chi connectivity index (χ1) is 13.1. The van der Waals surface area contributed by atoms with Crippen LogP contribution in [0.1, 0.15) is 15.9 Å². The SMILES string of the molecule is COC(=O)c1ccccc1N1CCN(C(=O)COc2ccc(C)cc2)CC1. The Morgan fingerprint density at radius 2 is 1.63 bits per heavy atom. The van der Waals surface area contributed by atoms with E-state index in [0.717, 1.165) is 11.3 Å². The largest absolute Gasteiger partial charge is 0.484 e. The van der Waals surface area contributed by atoms with Gasteiger partial charge in [-0.15, -0.1) is 0 Å². The van der Waals surface area contributed by atoms with E-state index >= 15 is 0 Å². The molecule has 27 heavy (non-hydrogen) atoms. The highest BCUT2D eigenvalue weighted by atomic mass is 16.5. The van der Waals surface area contributed by atoms with E-state index in [0.29, 0.717) is 37.5 Å². The van der Waals surface area contributed by atoms with E-state index in [1.54, 1.807) is 11.0 Å². The van der Waals surface area contributed by atoms with Crippen LogP contribution in [-0.4, -0.2) is 56.7 Å². The predicted octanol–water partition coefficient (Wildman–Crippen LogP) is 2.51. The predicted molar refractivity (Wildman–Crippen MR) is 103 cm³/mol. The summed E-state index contributed by atoms with van der Waals surface area (Å²) in [6, 6.07) is 15.0. The third-order valence-corrected chi connectivity index (χ3v) is 4.67. The lowest BCUT2D eigenvalue weighted by atomic mass is 10.1. The fourth-order valence-electron chi connectivity index (χ4n) is 3.10. The number of piperazine rings is 1. The van der Waals surface area contributed by atoms with Crippen molar-refractivity contribution in [2.45, 2.75) is 6.92 Å². The maximum absolute atomic E-state index is 12.4. The normalized spacial score (nSPS) is 14.0. The molecule has 142 valence electrons. The van der Waals surface area contributed by atoms with Gasteiger partial charge in [-0.25, -0.2) is 4.79 Å². The van der Waals surface area contributed by atoms with E-state index in [9.17, 15) is 9.59 Å². The monoisotopic (exact) mass is 368 g/mol. The summed E-state index contributed by atoms with van der Waals surface area (Å²) >= 11 is 0. The van der Waals surface area contributed by atoms with Crippen molar-refractivity contribution in [3.8, 4) is 5.75 Å². The van der Waals surface area contributed by atoms with Crippen LogP contribution in [-0.2, 0) is 9.53 Å². The molecule has 1 aliphatic rings. The number of benzene rings is 2. The summed E-state index contributed by atoms with van der Waals surface area (Å²) < 4.78 is 10.4. The number of rotatable bonds is 5. The molecule has 0 spiro atoms. The van der Waals surface area contributed by atoms with Gasteiger partial charge in [0, 0.05) is 26.2 Å². The summed E-state index contributed by atoms with van der Waals surface area (Å²) in [5, 5.41) is 0. The summed E-state index contributed by atoms with van der Waals surface area (Å²) in [7, 11) is 1.38. The maximum atomic E-state index is 12.4. The minimum atomic E-state index is -0.351. The van der Waals surface area contributed by atoms with Gasteiger partial charge in [0.25, 0.3) is 5.91 Å². The van der Waals surface area contributed by atoms with Crippen LogP contribution in [0, 0.1) is 6.92 Å². The molecular formula is C21H24N2O4. The zero-order valence-electron chi connectivity index (χ0n) is 15.7. The van der Waals surface area contributed by atoms with Gasteiger partial charge in [0.2, 0.25) is 0 Å². The number of anilines is 1. The molecule has 6 heteroatoms. The summed E-state index contributed by atoms with van der Waals surface area (Å²) in [4.78, 5) is 28.3. The Labute approximate surface area is 159 Å². The van der Waals surface area contributed by atoms with Gasteiger partial charge in [-0.3, -0.25) is 4.79 Å². The Balaban J connectivity index is 1.55. The zero-order chi connectivity index (χ0) is 19.2. The highest BCUT2D eigenvalue weighted by Gasteiger charge is 2.24. The number of ether oxygens (including phenoxy) is 2. The van der Waals surface area contributed by atoms with E-state index in [1.165, 1.54) is 7.11 Å². The number of amides is 1. The van der Waals surface area contributed by atoms with Crippen LogP contribution in [0.25, 0.3) is 0 Å². The molecule has 1 amide bonds. The van der Waals surface area contributed by atoms with Gasteiger partial charge in [-0.05, 0) is 31.2 Å². The number of hydrogen-bond donors (Lipinski definition) is 0. The third kappa shape index (κ3) is 4.58. The molecule has 0 bridgehead atoms. The summed E-state index contributed by atoms with van der Waals surface area (Å²) in [5.41, 5.74) is 2.53. The molecule has 0 atom stereocenters. The van der Waals surface area contributed by atoms with Gasteiger partial charge >= 0.3 is 5.97 Å². The lowest BCUT2D eigenvalue weighted by Gasteiger charge is -2.36. The lowest BCUT2D eigenvalue weighted by Crippen LogP contribution is -2.50. The minimum Gasteiger partial charge on any atom is -0.484 e. The molecule has 0 radical (unpaired) electrons. The molecule has 2 aromatic carbocycles. The number of methoxy groups -OCH3 is 1. The molecule has 1 heterocycles. The molecule has 2 aromatic rings. The molecule has 1 aliphatic heterocycles. The molecule has 3 rings (SSSR count). The van der Waals surface area contributed by atoms with Gasteiger partial charge in [-0.2, -0.15) is 0 Å². The highest BCUT2D eigenvalue weighted by molar-refractivity contribution is 5.95. The fraction of sp³-hybridized carbons (Fsp3) is 0.333. The van der Waals surface area contributed by atoms with Crippen LogP contribution in [0.5, 0.6) is 5.75 Å². The van der Waals surface area contributed by atoms with E-state index in [2.05, 4.69) is 4.90 Å². The van der Waals surface area contributed by atoms with Crippen molar-refractivity contribution in [1.29, 1.82) is 0 Å². The number of hydrogen-bond acceptors (Lipinski definition) is 5. The number of nitrogens with zero attached hydrogens (tertiary/aromatic N) is 2. The van der Waals surface area contributed by atoms with Crippen LogP contribution in [0.15, 0.2) is 48.5 Å². The van der Waals surface area contributed by atoms with E-state index in [-0.39, 0.29) is 18.5 Å². The molecule has 0 saturated carbocycles. The second-order valence-electron chi connectivity index (χ2n) is 6.48. The van der Waals surface area contributed by atoms with Gasteiger partial charge in [0.15, 0.2) is 6.61 Å². The van der Waals surface area contributed by atoms with Crippen LogP contribution >= 0.6 is 0 Å². The zero-order valence-corrected chi connectivity index (χ0v) is 15.7. The Morgan fingerprint density at radius 1 is 0.963 bits per heavy atom. The van der Waals surface area contributed by atoms with Gasteiger partial charge in [0.05, 0.1) is 18.4 Å². The smallest absolute Gasteiger partial charge is 0.339 e. The van der Waals surface area contributed by atoms with Crippen LogP contribution < -0.4 is 9.64 Å². The number of para-hydroxylation sites is 1. The molecule has 6 nitrogen and oxygen atoms in total. The van der Waals surface area contributed by atoms with Crippen molar-refractivity contribution in [3.63, 3.8) is 0 Å². The Morgan fingerprint density at radius 3 is 2.30 bits per heavy atom. The molecule has 1 fully saturated rings. The summed E-state index contributed by atoms with van der Waals surface area (Å²) in [5.74, 6) is 0.312. The average molecular weight is 368 g/mol. The summed E-state index contributed by atoms with van der Waals surface area (Å²) in [6.45, 7) is 4.53. The molecule has 0 aliphatic carbocycles. The second-order valence-corrected chi connectivity index (χ2v) is 6.48. The topological polar surface area (TPSA) is 59.1 Å². The molecule has 0 N–H and O–H groups in total. The van der Waals surface area contributed by atoms with Crippen molar-refractivity contribution in [2.24, 2.45) is 0 Å². The number of aryl methyl sites for hydroxylation is 1. The van der Waals surface area contributed by atoms with Crippen molar-refractivity contribution >= 4 is 17.6 Å². The Kier molecular flexibility index (Phi) is 5.96. The fourth-order valence-corrected chi connectivity index (χ4v) is 3.10. The maximum Gasteiger partial charge on any atom is 0.339 e. The molecule has 0 aromatic heterocycles. The van der Waals surface area contributed by atoms with E-state index in [1.807, 2.05) is 49.4 Å². The first kappa shape index (κ1) is 18.8. The van der Waals surface area contributed by atoms with Crippen LogP contribution in [0.2, 0.25) is 0 Å². The second kappa shape index (κ2) is 8.58. The Bertz CT molecular complexity index is 796. The van der Waals surface area contributed by atoms with E-state index < -0.39 is 0 Å². The first-order valence-electron chi connectivity index (χ1n) is 8.98. The lowest BCUT2D eigenvalue weighted by molar-refractivity contribution is -0.133. The van der Waals surface area contributed by atoms with Gasteiger partial charge in [0.1, 0.15) is 5.75 Å². The van der Waals surface area contributed by atoms with Crippen molar-refractivity contribution in [1.82, 2.24) is 4.90 Å². The minimum absolute atomic E-state index is 0.0296. The van der Waals surface area contributed by atoms with Crippen molar-refractivity contribution in [2.75, 3.05) is 44.8 Å². The first-order valence-corrected chi connectivity index (χ1v) is 8.98. The van der Waals surface area contributed by atoms with Gasteiger partial charge in [-0.1, -0.05) is 29.8 Å². The average Bonchev–Trinajstić information content (AvgIpc) is 2.72.